The monoisotopic (exact) mass is 433 g/mol. The predicted octanol–water partition coefficient (Wildman–Crippen LogP) is 5.31. The van der Waals surface area contributed by atoms with Gasteiger partial charge < -0.3 is 14.2 Å². The van der Waals surface area contributed by atoms with E-state index in [0.717, 1.165) is 29.3 Å². The van der Waals surface area contributed by atoms with Gasteiger partial charge >= 0.3 is 0 Å². The number of ketones is 2. The van der Waals surface area contributed by atoms with Gasteiger partial charge in [-0.15, -0.1) is 0 Å². The van der Waals surface area contributed by atoms with Crippen molar-refractivity contribution in [3.63, 3.8) is 0 Å². The highest BCUT2D eigenvalue weighted by Gasteiger charge is 2.21. The Balaban J connectivity index is 1.41. The van der Waals surface area contributed by atoms with Crippen molar-refractivity contribution in [3.8, 4) is 23.0 Å². The summed E-state index contributed by atoms with van der Waals surface area (Å²) in [5, 5.41) is 0.800. The standard InChI is InChI=1S/C26H27NO5/c1-30-25-15-22-23(16-26(25)31-2)27-11-10-24(22)32-21-8-6-18(7-9-21)13-20(29)14-19(28)12-17-4-3-5-17/h6-11,15-17H,3-5,12-14H2,1-2H3. The fourth-order valence-corrected chi connectivity index (χ4v) is 3.94. The van der Waals surface area contributed by atoms with Crippen LogP contribution in [0.5, 0.6) is 23.0 Å². The van der Waals surface area contributed by atoms with E-state index in [2.05, 4.69) is 4.98 Å². The third-order valence-corrected chi connectivity index (χ3v) is 5.89. The molecular weight excluding hydrogens is 406 g/mol. The van der Waals surface area contributed by atoms with Gasteiger partial charge in [-0.05, 0) is 35.7 Å². The van der Waals surface area contributed by atoms with Gasteiger partial charge in [0, 0.05) is 30.5 Å². The van der Waals surface area contributed by atoms with E-state index in [1.54, 1.807) is 26.5 Å². The maximum atomic E-state index is 12.3. The van der Waals surface area contributed by atoms with Gasteiger partial charge in [0.15, 0.2) is 11.5 Å². The number of carbonyl (C=O) groups excluding carboxylic acids is 2. The van der Waals surface area contributed by atoms with Gasteiger partial charge in [-0.1, -0.05) is 31.4 Å². The van der Waals surface area contributed by atoms with Gasteiger partial charge in [0.1, 0.15) is 23.1 Å². The van der Waals surface area contributed by atoms with Crippen LogP contribution < -0.4 is 14.2 Å². The SMILES string of the molecule is COc1cc2nccc(Oc3ccc(CC(=O)CC(=O)CC4CCC4)cc3)c2cc1OC. The van der Waals surface area contributed by atoms with E-state index in [-0.39, 0.29) is 24.4 Å². The zero-order chi connectivity index (χ0) is 22.5. The zero-order valence-electron chi connectivity index (χ0n) is 18.4. The Morgan fingerprint density at radius 3 is 2.31 bits per heavy atom. The molecule has 1 saturated carbocycles. The molecule has 0 bridgehead atoms. The second kappa shape index (κ2) is 9.81. The van der Waals surface area contributed by atoms with Gasteiger partial charge in [-0.25, -0.2) is 0 Å². The second-order valence-corrected chi connectivity index (χ2v) is 8.21. The van der Waals surface area contributed by atoms with Gasteiger partial charge in [0.2, 0.25) is 0 Å². The molecule has 4 rings (SSSR count). The van der Waals surface area contributed by atoms with E-state index in [4.69, 9.17) is 14.2 Å². The number of fused-ring (bicyclic) bond motifs is 1. The molecule has 0 unspecified atom stereocenters. The molecule has 0 saturated heterocycles. The van der Waals surface area contributed by atoms with Crippen LogP contribution in [-0.2, 0) is 16.0 Å². The molecule has 0 radical (unpaired) electrons. The Bertz CT molecular complexity index is 1120. The summed E-state index contributed by atoms with van der Waals surface area (Å²) in [5.74, 6) is 3.01. The molecule has 1 fully saturated rings. The van der Waals surface area contributed by atoms with Crippen molar-refractivity contribution in [2.24, 2.45) is 5.92 Å². The Morgan fingerprint density at radius 1 is 0.938 bits per heavy atom. The van der Waals surface area contributed by atoms with Crippen molar-refractivity contribution in [1.82, 2.24) is 4.98 Å². The maximum absolute atomic E-state index is 12.3. The molecule has 0 atom stereocenters. The number of aromatic nitrogens is 1. The first-order valence-corrected chi connectivity index (χ1v) is 10.9. The molecule has 32 heavy (non-hydrogen) atoms. The van der Waals surface area contributed by atoms with Crippen LogP contribution >= 0.6 is 0 Å². The molecule has 0 N–H and O–H groups in total. The Morgan fingerprint density at radius 2 is 1.66 bits per heavy atom. The predicted molar refractivity (Wildman–Crippen MR) is 122 cm³/mol. The third kappa shape index (κ3) is 5.07. The smallest absolute Gasteiger partial charge is 0.162 e. The van der Waals surface area contributed by atoms with Crippen molar-refractivity contribution < 1.29 is 23.8 Å². The molecular formula is C26H27NO5. The van der Waals surface area contributed by atoms with E-state index in [1.807, 2.05) is 36.4 Å². The van der Waals surface area contributed by atoms with E-state index < -0.39 is 0 Å². The van der Waals surface area contributed by atoms with Crippen LogP contribution in [0.2, 0.25) is 0 Å². The highest BCUT2D eigenvalue weighted by molar-refractivity contribution is 6.00. The summed E-state index contributed by atoms with van der Waals surface area (Å²) < 4.78 is 16.8. The van der Waals surface area contributed by atoms with Crippen molar-refractivity contribution in [2.75, 3.05) is 14.2 Å². The molecule has 0 aliphatic heterocycles. The van der Waals surface area contributed by atoms with Crippen LogP contribution in [0.3, 0.4) is 0 Å². The first-order chi connectivity index (χ1) is 15.6. The number of hydrogen-bond acceptors (Lipinski definition) is 6. The van der Waals surface area contributed by atoms with Crippen LogP contribution in [0.15, 0.2) is 48.7 Å². The molecule has 1 heterocycles. The van der Waals surface area contributed by atoms with Crippen LogP contribution in [0.1, 0.15) is 37.7 Å². The molecule has 6 nitrogen and oxygen atoms in total. The molecule has 6 heteroatoms. The average Bonchev–Trinajstić information content (AvgIpc) is 2.76. The van der Waals surface area contributed by atoms with E-state index in [9.17, 15) is 9.59 Å². The number of rotatable bonds is 10. The summed E-state index contributed by atoms with van der Waals surface area (Å²) in [6.45, 7) is 0. The fraction of sp³-hybridized carbons (Fsp3) is 0.346. The number of benzene rings is 2. The lowest BCUT2D eigenvalue weighted by molar-refractivity contribution is -0.127. The minimum Gasteiger partial charge on any atom is -0.493 e. The largest absolute Gasteiger partial charge is 0.493 e. The molecule has 0 spiro atoms. The lowest BCUT2D eigenvalue weighted by Crippen LogP contribution is -2.18. The first kappa shape index (κ1) is 21.8. The summed E-state index contributed by atoms with van der Waals surface area (Å²) in [6, 6.07) is 12.8. The summed E-state index contributed by atoms with van der Waals surface area (Å²) in [5.41, 5.74) is 1.60. The zero-order valence-corrected chi connectivity index (χ0v) is 18.4. The third-order valence-electron chi connectivity index (χ3n) is 5.89. The lowest BCUT2D eigenvalue weighted by Gasteiger charge is -2.24. The fourth-order valence-electron chi connectivity index (χ4n) is 3.94. The molecule has 1 aliphatic carbocycles. The summed E-state index contributed by atoms with van der Waals surface area (Å²) >= 11 is 0. The molecule has 3 aromatic rings. The van der Waals surface area contributed by atoms with Crippen LogP contribution in [0.25, 0.3) is 10.9 Å². The Kier molecular flexibility index (Phi) is 6.69. The number of methoxy groups -OCH3 is 2. The first-order valence-electron chi connectivity index (χ1n) is 10.9. The number of pyridine rings is 1. The van der Waals surface area contributed by atoms with Crippen LogP contribution in [0.4, 0.5) is 0 Å². The van der Waals surface area contributed by atoms with Crippen molar-refractivity contribution in [3.05, 3.63) is 54.2 Å². The maximum Gasteiger partial charge on any atom is 0.162 e. The minimum atomic E-state index is -0.0378. The number of nitrogens with zero attached hydrogens (tertiary/aromatic N) is 1. The van der Waals surface area contributed by atoms with E-state index >= 15 is 0 Å². The number of hydrogen-bond donors (Lipinski definition) is 0. The van der Waals surface area contributed by atoms with Gasteiger partial charge in [0.05, 0.1) is 26.2 Å². The number of Topliss-reactive ketones (excluding diaryl/α,β-unsaturated/α-hetero) is 2. The quantitative estimate of drug-likeness (QED) is 0.404. The summed E-state index contributed by atoms with van der Waals surface area (Å²) in [7, 11) is 3.17. The summed E-state index contributed by atoms with van der Waals surface area (Å²) in [4.78, 5) is 28.7. The summed E-state index contributed by atoms with van der Waals surface area (Å²) in [6.07, 6.45) is 5.96. The molecule has 2 aromatic carbocycles. The van der Waals surface area contributed by atoms with Crippen molar-refractivity contribution in [1.29, 1.82) is 0 Å². The van der Waals surface area contributed by atoms with Crippen molar-refractivity contribution >= 4 is 22.5 Å². The van der Waals surface area contributed by atoms with Gasteiger partial charge in [0.25, 0.3) is 0 Å². The Labute approximate surface area is 187 Å². The van der Waals surface area contributed by atoms with E-state index in [1.165, 1.54) is 6.42 Å². The molecule has 1 aliphatic rings. The Hall–Kier alpha value is -3.41. The second-order valence-electron chi connectivity index (χ2n) is 8.21. The van der Waals surface area contributed by atoms with Crippen molar-refractivity contribution in [2.45, 2.75) is 38.5 Å². The van der Waals surface area contributed by atoms with Crippen LogP contribution in [0, 0.1) is 5.92 Å². The normalized spacial score (nSPS) is 13.4. The number of ether oxygens (including phenoxy) is 3. The lowest BCUT2D eigenvalue weighted by atomic mass is 9.81. The van der Waals surface area contributed by atoms with Gasteiger partial charge in [-0.2, -0.15) is 0 Å². The molecule has 166 valence electrons. The minimum absolute atomic E-state index is 0.0308. The van der Waals surface area contributed by atoms with Crippen LogP contribution in [-0.4, -0.2) is 30.8 Å². The topological polar surface area (TPSA) is 74.7 Å². The van der Waals surface area contributed by atoms with Gasteiger partial charge in [-0.3, -0.25) is 14.6 Å². The average molecular weight is 434 g/mol. The highest BCUT2D eigenvalue weighted by atomic mass is 16.5. The highest BCUT2D eigenvalue weighted by Crippen LogP contribution is 2.37. The van der Waals surface area contributed by atoms with E-state index in [0.29, 0.717) is 35.3 Å². The number of carbonyl (C=O) groups is 2. The molecule has 1 aromatic heterocycles. The molecule has 0 amide bonds.